The number of hydrogen-bond acceptors (Lipinski definition) is 5. The molecular weight excluding hydrogens is 352 g/mol. The third-order valence-corrected chi connectivity index (χ3v) is 4.63. The number of nitrogens with zero attached hydrogens (tertiary/aromatic N) is 2. The van der Waals surface area contributed by atoms with E-state index in [-0.39, 0.29) is 23.4 Å². The molecule has 1 aromatic heterocycles. The Kier molecular flexibility index (Phi) is 5.42. The van der Waals surface area contributed by atoms with Crippen LogP contribution in [0.15, 0.2) is 30.6 Å². The number of hydrogen-bond donors (Lipinski definition) is 0. The highest BCUT2D eigenvalue weighted by Crippen LogP contribution is 2.44. The smallest absolute Gasteiger partial charge is 0.313 e. The molecule has 1 aliphatic rings. The molecule has 0 saturated heterocycles. The first kappa shape index (κ1) is 19.9. The van der Waals surface area contributed by atoms with Crippen LogP contribution in [0.1, 0.15) is 63.6 Å². The Labute approximate surface area is 166 Å². The molecular formula is C23H26N2O3. The maximum atomic E-state index is 11.5. The van der Waals surface area contributed by atoms with Crippen molar-refractivity contribution in [2.45, 2.75) is 58.5 Å². The van der Waals surface area contributed by atoms with Gasteiger partial charge < -0.3 is 9.47 Å². The van der Waals surface area contributed by atoms with E-state index in [2.05, 4.69) is 55.6 Å². The maximum absolute atomic E-state index is 11.5. The second-order valence-electron chi connectivity index (χ2n) is 8.25. The Morgan fingerprint density at radius 1 is 1.14 bits per heavy atom. The van der Waals surface area contributed by atoms with Crippen LogP contribution in [-0.4, -0.2) is 28.1 Å². The molecule has 0 saturated carbocycles. The fourth-order valence-electron chi connectivity index (χ4n) is 3.71. The molecule has 5 nitrogen and oxygen atoms in total. The van der Waals surface area contributed by atoms with Gasteiger partial charge in [-0.05, 0) is 50.8 Å². The maximum Gasteiger partial charge on any atom is 0.313 e. The second-order valence-corrected chi connectivity index (χ2v) is 8.25. The summed E-state index contributed by atoms with van der Waals surface area (Å²) in [6, 6.07) is 6.08. The summed E-state index contributed by atoms with van der Waals surface area (Å²) < 4.78 is 11.0. The van der Waals surface area contributed by atoms with Gasteiger partial charge in [0.1, 0.15) is 23.6 Å². The van der Waals surface area contributed by atoms with Gasteiger partial charge in [-0.25, -0.2) is 9.97 Å². The van der Waals surface area contributed by atoms with Gasteiger partial charge >= 0.3 is 5.97 Å². The Morgan fingerprint density at radius 3 is 2.50 bits per heavy atom. The SMILES string of the molecule is CCOC(=O)Cc1ncc(C#Cc2ccc3c(c2)C(C)(C)CC(C)(C)O3)cn1. The van der Waals surface area contributed by atoms with E-state index in [0.717, 1.165) is 17.7 Å². The van der Waals surface area contributed by atoms with Crippen LogP contribution >= 0.6 is 0 Å². The molecule has 1 aliphatic heterocycles. The van der Waals surface area contributed by atoms with Crippen LogP contribution in [0.2, 0.25) is 0 Å². The zero-order chi connectivity index (χ0) is 20.4. The van der Waals surface area contributed by atoms with Gasteiger partial charge in [0, 0.05) is 23.5 Å². The summed E-state index contributed by atoms with van der Waals surface area (Å²) in [6.45, 7) is 10.8. The molecule has 146 valence electrons. The minimum Gasteiger partial charge on any atom is -0.488 e. The third-order valence-electron chi connectivity index (χ3n) is 4.63. The average Bonchev–Trinajstić information content (AvgIpc) is 2.60. The van der Waals surface area contributed by atoms with Gasteiger partial charge in [-0.3, -0.25) is 4.79 Å². The van der Waals surface area contributed by atoms with Crippen molar-refractivity contribution in [2.75, 3.05) is 6.61 Å². The summed E-state index contributed by atoms with van der Waals surface area (Å²) >= 11 is 0. The lowest BCUT2D eigenvalue weighted by Crippen LogP contribution is -2.41. The molecule has 0 spiro atoms. The van der Waals surface area contributed by atoms with Crippen molar-refractivity contribution in [3.05, 3.63) is 53.1 Å². The van der Waals surface area contributed by atoms with E-state index in [1.54, 1.807) is 19.3 Å². The standard InChI is InChI=1S/C23H26N2O3/c1-6-27-21(26)12-20-24-13-17(14-25-20)8-7-16-9-10-19-18(11-16)22(2,3)15-23(4,5)28-19/h9-11,13-14H,6,12,15H2,1-5H3. The fraction of sp³-hybridized carbons (Fsp3) is 0.435. The predicted octanol–water partition coefficient (Wildman–Crippen LogP) is 3.82. The molecule has 0 bridgehead atoms. The first-order valence-electron chi connectivity index (χ1n) is 9.51. The van der Waals surface area contributed by atoms with Crippen molar-refractivity contribution >= 4 is 5.97 Å². The van der Waals surface area contributed by atoms with Crippen LogP contribution in [0, 0.1) is 11.8 Å². The van der Waals surface area contributed by atoms with Gasteiger partial charge in [-0.2, -0.15) is 0 Å². The lowest BCUT2D eigenvalue weighted by atomic mass is 9.73. The number of fused-ring (bicyclic) bond motifs is 1. The van der Waals surface area contributed by atoms with Crippen LogP contribution in [0.5, 0.6) is 5.75 Å². The van der Waals surface area contributed by atoms with E-state index in [1.165, 1.54) is 5.56 Å². The van der Waals surface area contributed by atoms with Crippen molar-refractivity contribution in [2.24, 2.45) is 0 Å². The molecule has 0 radical (unpaired) electrons. The van der Waals surface area contributed by atoms with Crippen molar-refractivity contribution in [1.29, 1.82) is 0 Å². The Balaban J connectivity index is 1.77. The number of ether oxygens (including phenoxy) is 2. The summed E-state index contributed by atoms with van der Waals surface area (Å²) in [7, 11) is 0. The van der Waals surface area contributed by atoms with E-state index in [1.807, 2.05) is 12.1 Å². The summed E-state index contributed by atoms with van der Waals surface area (Å²) in [4.78, 5) is 19.9. The zero-order valence-corrected chi connectivity index (χ0v) is 17.1. The molecule has 5 heteroatoms. The molecule has 0 fully saturated rings. The Hall–Kier alpha value is -2.87. The quantitative estimate of drug-likeness (QED) is 0.600. The third kappa shape index (κ3) is 4.69. The van der Waals surface area contributed by atoms with Crippen LogP contribution in [-0.2, 0) is 21.4 Å². The molecule has 0 N–H and O–H groups in total. The molecule has 3 rings (SSSR count). The molecule has 2 aromatic rings. The second kappa shape index (κ2) is 7.63. The number of benzene rings is 1. The van der Waals surface area contributed by atoms with E-state index in [0.29, 0.717) is 18.0 Å². The van der Waals surface area contributed by atoms with Crippen molar-refractivity contribution < 1.29 is 14.3 Å². The van der Waals surface area contributed by atoms with Crippen LogP contribution in [0.25, 0.3) is 0 Å². The van der Waals surface area contributed by atoms with Gasteiger partial charge in [0.25, 0.3) is 0 Å². The Morgan fingerprint density at radius 2 is 1.82 bits per heavy atom. The molecule has 1 aromatic carbocycles. The summed E-state index contributed by atoms with van der Waals surface area (Å²) in [5.74, 6) is 7.29. The minimum absolute atomic E-state index is 0.0205. The highest BCUT2D eigenvalue weighted by Gasteiger charge is 2.38. The van der Waals surface area contributed by atoms with Gasteiger partial charge in [0.15, 0.2) is 0 Å². The molecule has 0 aliphatic carbocycles. The molecule has 0 atom stereocenters. The first-order valence-corrected chi connectivity index (χ1v) is 9.51. The van der Waals surface area contributed by atoms with E-state index >= 15 is 0 Å². The van der Waals surface area contributed by atoms with Gasteiger partial charge in [0.05, 0.1) is 12.2 Å². The van der Waals surface area contributed by atoms with Gasteiger partial charge in [-0.1, -0.05) is 25.7 Å². The number of carbonyl (C=O) groups excluding carboxylic acids is 1. The van der Waals surface area contributed by atoms with Crippen molar-refractivity contribution in [1.82, 2.24) is 9.97 Å². The lowest BCUT2D eigenvalue weighted by Gasteiger charge is -2.42. The van der Waals surface area contributed by atoms with Crippen LogP contribution in [0.3, 0.4) is 0 Å². The normalized spacial score (nSPS) is 16.2. The molecule has 0 unspecified atom stereocenters. The Bertz CT molecular complexity index is 935. The van der Waals surface area contributed by atoms with Crippen molar-refractivity contribution in [3.8, 4) is 17.6 Å². The van der Waals surface area contributed by atoms with Crippen LogP contribution < -0.4 is 4.74 Å². The largest absolute Gasteiger partial charge is 0.488 e. The number of rotatable bonds is 3. The van der Waals surface area contributed by atoms with Crippen LogP contribution in [0.4, 0.5) is 0 Å². The summed E-state index contributed by atoms with van der Waals surface area (Å²) in [5.41, 5.74) is 2.64. The number of aromatic nitrogens is 2. The highest BCUT2D eigenvalue weighted by molar-refractivity contribution is 5.71. The van der Waals surface area contributed by atoms with E-state index in [4.69, 9.17) is 9.47 Å². The fourth-order valence-corrected chi connectivity index (χ4v) is 3.71. The lowest BCUT2D eigenvalue weighted by molar-refractivity contribution is -0.142. The number of esters is 1. The number of carbonyl (C=O) groups is 1. The molecule has 0 amide bonds. The topological polar surface area (TPSA) is 61.3 Å². The average molecular weight is 378 g/mol. The minimum atomic E-state index is -0.330. The molecule has 28 heavy (non-hydrogen) atoms. The predicted molar refractivity (Wildman–Crippen MR) is 107 cm³/mol. The van der Waals surface area contributed by atoms with Gasteiger partial charge in [-0.15, -0.1) is 0 Å². The highest BCUT2D eigenvalue weighted by atomic mass is 16.5. The van der Waals surface area contributed by atoms with E-state index < -0.39 is 0 Å². The van der Waals surface area contributed by atoms with Gasteiger partial charge in [0.2, 0.25) is 0 Å². The monoisotopic (exact) mass is 378 g/mol. The summed E-state index contributed by atoms with van der Waals surface area (Å²) in [5, 5.41) is 0. The van der Waals surface area contributed by atoms with Crippen molar-refractivity contribution in [3.63, 3.8) is 0 Å². The zero-order valence-electron chi connectivity index (χ0n) is 17.1. The summed E-state index contributed by atoms with van der Waals surface area (Å²) in [6.07, 6.45) is 4.27. The molecule has 2 heterocycles. The first-order chi connectivity index (χ1) is 13.2. The van der Waals surface area contributed by atoms with E-state index in [9.17, 15) is 4.79 Å².